The summed E-state index contributed by atoms with van der Waals surface area (Å²) in [6, 6.07) is 10.5. The first-order chi connectivity index (χ1) is 10.5. The number of amides is 1. The van der Waals surface area contributed by atoms with Gasteiger partial charge in [-0.3, -0.25) is 4.79 Å². The van der Waals surface area contributed by atoms with Crippen molar-refractivity contribution in [2.45, 2.75) is 23.3 Å². The van der Waals surface area contributed by atoms with E-state index >= 15 is 0 Å². The van der Waals surface area contributed by atoms with Crippen LogP contribution in [0.4, 0.5) is 0 Å². The average molecular weight is 337 g/mol. The Bertz CT molecular complexity index is 748. The van der Waals surface area contributed by atoms with Crippen molar-refractivity contribution >= 4 is 27.3 Å². The summed E-state index contributed by atoms with van der Waals surface area (Å²) >= 11 is 1.26. The Balaban J connectivity index is 1.92. The highest BCUT2D eigenvalue weighted by atomic mass is 32.2. The van der Waals surface area contributed by atoms with Crippen LogP contribution in [0.15, 0.2) is 52.1 Å². The molecule has 0 aliphatic carbocycles. The Morgan fingerprint density at radius 2 is 2.00 bits per heavy atom. The molecule has 22 heavy (non-hydrogen) atoms. The topological polar surface area (TPSA) is 72.5 Å². The molecule has 2 aromatic rings. The summed E-state index contributed by atoms with van der Waals surface area (Å²) in [6.07, 6.45) is 1.17. The van der Waals surface area contributed by atoms with E-state index in [1.165, 1.54) is 22.8 Å². The maximum absolute atomic E-state index is 12.7. The predicted octanol–water partition coefficient (Wildman–Crippen LogP) is 2.26. The number of nitrogens with one attached hydrogen (secondary N) is 1. The number of carbonyl (C=O) groups excluding carboxylic acids is 1. The molecule has 1 aliphatic rings. The largest absolute Gasteiger partial charge is 0.360 e. The highest BCUT2D eigenvalue weighted by Crippen LogP contribution is 2.36. The van der Waals surface area contributed by atoms with E-state index in [0.717, 1.165) is 0 Å². The molecule has 1 aliphatic heterocycles. The molecule has 1 atom stereocenters. The van der Waals surface area contributed by atoms with Crippen LogP contribution in [0.5, 0.6) is 0 Å². The minimum atomic E-state index is -3.87. The van der Waals surface area contributed by atoms with E-state index in [-0.39, 0.29) is 4.90 Å². The smallest absolute Gasteiger partial charge is 0.270 e. The van der Waals surface area contributed by atoms with Gasteiger partial charge < -0.3 is 4.74 Å². The van der Waals surface area contributed by atoms with Gasteiger partial charge in [-0.2, -0.15) is 11.3 Å². The Kier molecular flexibility index (Phi) is 4.03. The second kappa shape index (κ2) is 5.83. The zero-order valence-electron chi connectivity index (χ0n) is 11.7. The molecule has 116 valence electrons. The average Bonchev–Trinajstić information content (AvgIpc) is 3.20. The van der Waals surface area contributed by atoms with Crippen molar-refractivity contribution in [2.75, 3.05) is 6.61 Å². The molecule has 1 aromatic carbocycles. The first-order valence-corrected chi connectivity index (χ1v) is 9.26. The second-order valence-corrected chi connectivity index (χ2v) is 7.50. The van der Waals surface area contributed by atoms with Crippen molar-refractivity contribution in [3.63, 3.8) is 0 Å². The van der Waals surface area contributed by atoms with Gasteiger partial charge >= 0.3 is 0 Å². The van der Waals surface area contributed by atoms with E-state index in [4.69, 9.17) is 4.74 Å². The summed E-state index contributed by atoms with van der Waals surface area (Å²) in [5.74, 6) is -0.637. The standard InChI is InChI=1S/C15H15NO4S2/c17-14(16-22(18,19)13-7-10-21-11-13)15(8-4-9-20-15)12-5-2-1-3-6-12/h1-3,5-7,10-11H,4,8-9H2,(H,16,17). The minimum Gasteiger partial charge on any atom is -0.360 e. The van der Waals surface area contributed by atoms with Crippen molar-refractivity contribution in [1.29, 1.82) is 0 Å². The molecular formula is C15H15NO4S2. The van der Waals surface area contributed by atoms with Crippen LogP contribution >= 0.6 is 11.3 Å². The number of hydrogen-bond donors (Lipinski definition) is 1. The fourth-order valence-corrected chi connectivity index (χ4v) is 4.60. The zero-order chi connectivity index (χ0) is 15.6. The van der Waals surface area contributed by atoms with E-state index < -0.39 is 21.5 Å². The molecule has 0 radical (unpaired) electrons. The lowest BCUT2D eigenvalue weighted by Gasteiger charge is -2.27. The van der Waals surface area contributed by atoms with Crippen LogP contribution in [-0.2, 0) is 25.2 Å². The third-order valence-corrected chi connectivity index (χ3v) is 5.82. The van der Waals surface area contributed by atoms with Crippen molar-refractivity contribution < 1.29 is 17.9 Å². The van der Waals surface area contributed by atoms with Gasteiger partial charge in [-0.1, -0.05) is 30.3 Å². The molecule has 2 heterocycles. The van der Waals surface area contributed by atoms with Gasteiger partial charge in [0.1, 0.15) is 0 Å². The van der Waals surface area contributed by atoms with Crippen LogP contribution in [0.25, 0.3) is 0 Å². The molecule has 1 saturated heterocycles. The molecule has 0 bridgehead atoms. The van der Waals surface area contributed by atoms with E-state index in [9.17, 15) is 13.2 Å². The number of ether oxygens (including phenoxy) is 1. The normalized spacial score (nSPS) is 21.6. The first kappa shape index (κ1) is 15.2. The Morgan fingerprint density at radius 3 is 2.59 bits per heavy atom. The van der Waals surface area contributed by atoms with Crippen molar-refractivity contribution in [3.8, 4) is 0 Å². The maximum Gasteiger partial charge on any atom is 0.270 e. The van der Waals surface area contributed by atoms with E-state index in [1.807, 2.05) is 6.07 Å². The summed E-state index contributed by atoms with van der Waals surface area (Å²) < 4.78 is 32.3. The minimum absolute atomic E-state index is 0.0899. The van der Waals surface area contributed by atoms with Crippen molar-refractivity contribution in [1.82, 2.24) is 4.72 Å². The monoisotopic (exact) mass is 337 g/mol. The fraction of sp³-hybridized carbons (Fsp3) is 0.267. The lowest BCUT2D eigenvalue weighted by Crippen LogP contribution is -2.46. The van der Waals surface area contributed by atoms with Gasteiger partial charge in [0.25, 0.3) is 15.9 Å². The van der Waals surface area contributed by atoms with E-state index in [0.29, 0.717) is 25.0 Å². The highest BCUT2D eigenvalue weighted by Gasteiger charge is 2.45. The zero-order valence-corrected chi connectivity index (χ0v) is 13.3. The van der Waals surface area contributed by atoms with Gasteiger partial charge in [0.05, 0.1) is 4.90 Å². The lowest BCUT2D eigenvalue weighted by atomic mass is 9.90. The molecule has 1 aromatic heterocycles. The van der Waals surface area contributed by atoms with Crippen molar-refractivity contribution in [2.24, 2.45) is 0 Å². The van der Waals surface area contributed by atoms with Crippen LogP contribution in [0.1, 0.15) is 18.4 Å². The van der Waals surface area contributed by atoms with Gasteiger partial charge in [0, 0.05) is 12.0 Å². The summed E-state index contributed by atoms with van der Waals surface area (Å²) in [4.78, 5) is 12.8. The van der Waals surface area contributed by atoms with Crippen LogP contribution in [0.3, 0.4) is 0 Å². The van der Waals surface area contributed by atoms with Gasteiger partial charge in [-0.05, 0) is 29.9 Å². The first-order valence-electron chi connectivity index (χ1n) is 6.83. The third-order valence-electron chi connectivity index (χ3n) is 3.66. The summed E-state index contributed by atoms with van der Waals surface area (Å²) in [6.45, 7) is 0.431. The SMILES string of the molecule is O=C(NS(=O)(=O)c1ccsc1)C1(c2ccccc2)CCCO1. The third kappa shape index (κ3) is 2.67. The molecule has 5 nitrogen and oxygen atoms in total. The molecule has 1 fully saturated rings. The molecule has 3 rings (SSSR count). The van der Waals surface area contributed by atoms with Gasteiger partial charge in [0.15, 0.2) is 5.60 Å². The highest BCUT2D eigenvalue weighted by molar-refractivity contribution is 7.90. The Morgan fingerprint density at radius 1 is 1.23 bits per heavy atom. The second-order valence-electron chi connectivity index (χ2n) is 5.04. The van der Waals surface area contributed by atoms with Gasteiger partial charge in [-0.15, -0.1) is 0 Å². The predicted molar refractivity (Wildman–Crippen MR) is 83.0 cm³/mol. The molecule has 0 saturated carbocycles. The van der Waals surface area contributed by atoms with Crippen LogP contribution in [0.2, 0.25) is 0 Å². The lowest BCUT2D eigenvalue weighted by molar-refractivity contribution is -0.140. The van der Waals surface area contributed by atoms with Crippen molar-refractivity contribution in [3.05, 3.63) is 52.7 Å². The molecule has 1 amide bonds. The molecular weight excluding hydrogens is 322 g/mol. The van der Waals surface area contributed by atoms with Crippen LogP contribution in [-0.4, -0.2) is 20.9 Å². The molecule has 1 N–H and O–H groups in total. The number of rotatable bonds is 4. The number of thiophene rings is 1. The van der Waals surface area contributed by atoms with E-state index in [2.05, 4.69) is 4.72 Å². The van der Waals surface area contributed by atoms with E-state index in [1.54, 1.807) is 29.6 Å². The van der Waals surface area contributed by atoms with Gasteiger partial charge in [-0.25, -0.2) is 13.1 Å². The molecule has 1 unspecified atom stereocenters. The fourth-order valence-electron chi connectivity index (χ4n) is 2.55. The van der Waals surface area contributed by atoms with Crippen LogP contribution in [0, 0.1) is 0 Å². The molecule has 7 heteroatoms. The summed E-state index contributed by atoms with van der Waals surface area (Å²) in [5, 5.41) is 3.14. The number of benzene rings is 1. The van der Waals surface area contributed by atoms with Gasteiger partial charge in [0.2, 0.25) is 0 Å². The Labute approximate surface area is 133 Å². The Hall–Kier alpha value is -1.70. The number of hydrogen-bond acceptors (Lipinski definition) is 5. The maximum atomic E-state index is 12.7. The quantitative estimate of drug-likeness (QED) is 0.929. The summed E-state index contributed by atoms with van der Waals surface area (Å²) in [5.41, 5.74) is -0.560. The molecule has 0 spiro atoms. The summed E-state index contributed by atoms with van der Waals surface area (Å²) in [7, 11) is -3.87. The number of carbonyl (C=O) groups is 1. The number of sulfonamides is 1. The van der Waals surface area contributed by atoms with Crippen LogP contribution < -0.4 is 4.72 Å².